The van der Waals surface area contributed by atoms with Gasteiger partial charge < -0.3 is 4.57 Å². The molecule has 0 fully saturated rings. The van der Waals surface area contributed by atoms with E-state index in [0.29, 0.717) is 6.54 Å². The highest BCUT2D eigenvalue weighted by molar-refractivity contribution is 7.07. The van der Waals surface area contributed by atoms with Crippen LogP contribution in [0.3, 0.4) is 0 Å². The Labute approximate surface area is 79.1 Å². The number of hydrogen-bond acceptors (Lipinski definition) is 3. The first-order valence-electron chi connectivity index (χ1n) is 3.87. The molecule has 0 aliphatic rings. The van der Waals surface area contributed by atoms with Gasteiger partial charge in [0, 0.05) is 30.4 Å². The van der Waals surface area contributed by atoms with Gasteiger partial charge in [-0.15, -0.1) is 0 Å². The maximum absolute atomic E-state index is 11.2. The summed E-state index contributed by atoms with van der Waals surface area (Å²) in [6.07, 6.45) is 5.47. The molecule has 68 valence electrons. The zero-order chi connectivity index (χ0) is 9.26. The van der Waals surface area contributed by atoms with Crippen LogP contribution in [-0.2, 0) is 13.6 Å². The zero-order valence-corrected chi connectivity index (χ0v) is 7.99. The van der Waals surface area contributed by atoms with Crippen molar-refractivity contribution in [3.8, 4) is 0 Å². The largest absolute Gasteiger partial charge is 0.307 e. The molecule has 0 radical (unpaired) electrons. The molecule has 0 amide bonds. The van der Waals surface area contributed by atoms with E-state index in [4.69, 9.17) is 0 Å². The van der Waals surface area contributed by atoms with Crippen LogP contribution in [0.1, 0.15) is 5.56 Å². The van der Waals surface area contributed by atoms with E-state index in [2.05, 4.69) is 5.10 Å². The van der Waals surface area contributed by atoms with Crippen LogP contribution in [0.25, 0.3) is 0 Å². The van der Waals surface area contributed by atoms with Gasteiger partial charge in [0.1, 0.15) is 0 Å². The molecular formula is C8H9N3OS. The quantitative estimate of drug-likeness (QED) is 0.707. The fraction of sp³-hybridized carbons (Fsp3) is 0.250. The minimum atomic E-state index is 0.0730. The van der Waals surface area contributed by atoms with Crippen LogP contribution < -0.4 is 4.87 Å². The summed E-state index contributed by atoms with van der Waals surface area (Å²) in [6.45, 7) is 0.607. The lowest BCUT2D eigenvalue weighted by Crippen LogP contribution is -2.11. The van der Waals surface area contributed by atoms with Crippen LogP contribution in [0.4, 0.5) is 0 Å². The summed E-state index contributed by atoms with van der Waals surface area (Å²) in [5, 5.41) is 5.82. The van der Waals surface area contributed by atoms with E-state index in [0.717, 1.165) is 5.56 Å². The first-order valence-corrected chi connectivity index (χ1v) is 4.75. The van der Waals surface area contributed by atoms with Crippen molar-refractivity contribution in [3.05, 3.63) is 39.2 Å². The molecule has 0 aliphatic heterocycles. The van der Waals surface area contributed by atoms with Crippen molar-refractivity contribution in [1.29, 1.82) is 0 Å². The van der Waals surface area contributed by atoms with E-state index < -0.39 is 0 Å². The van der Waals surface area contributed by atoms with Gasteiger partial charge in [-0.2, -0.15) is 5.10 Å². The summed E-state index contributed by atoms with van der Waals surface area (Å²) in [5.74, 6) is 0. The van der Waals surface area contributed by atoms with Crippen LogP contribution in [-0.4, -0.2) is 14.3 Å². The summed E-state index contributed by atoms with van der Waals surface area (Å²) in [4.78, 5) is 11.3. The standard InChI is InChI=1S/C8H9N3OS/c1-10-5-7(4-9-10)6-11-2-3-13-8(11)12/h2-5H,6H2,1H3. The lowest BCUT2D eigenvalue weighted by molar-refractivity contribution is 0.759. The van der Waals surface area contributed by atoms with Gasteiger partial charge in [0.05, 0.1) is 12.7 Å². The van der Waals surface area contributed by atoms with E-state index in [9.17, 15) is 4.79 Å². The monoisotopic (exact) mass is 195 g/mol. The van der Waals surface area contributed by atoms with Crippen LogP contribution in [0.5, 0.6) is 0 Å². The maximum Gasteiger partial charge on any atom is 0.307 e. The Kier molecular flexibility index (Phi) is 2.02. The predicted molar refractivity (Wildman–Crippen MR) is 50.9 cm³/mol. The van der Waals surface area contributed by atoms with E-state index in [1.807, 2.05) is 13.2 Å². The highest BCUT2D eigenvalue weighted by Crippen LogP contribution is 1.99. The third-order valence-electron chi connectivity index (χ3n) is 1.76. The van der Waals surface area contributed by atoms with Crippen molar-refractivity contribution in [2.45, 2.75) is 6.54 Å². The molecule has 2 aromatic rings. The molecule has 0 unspecified atom stereocenters. The molecular weight excluding hydrogens is 186 g/mol. The normalized spacial score (nSPS) is 10.5. The van der Waals surface area contributed by atoms with E-state index >= 15 is 0 Å². The van der Waals surface area contributed by atoms with Crippen molar-refractivity contribution >= 4 is 11.3 Å². The van der Waals surface area contributed by atoms with Crippen molar-refractivity contribution < 1.29 is 0 Å². The van der Waals surface area contributed by atoms with Gasteiger partial charge >= 0.3 is 4.87 Å². The van der Waals surface area contributed by atoms with Crippen LogP contribution in [0.15, 0.2) is 28.8 Å². The molecule has 0 saturated carbocycles. The Morgan fingerprint density at radius 3 is 3.00 bits per heavy atom. The number of nitrogens with zero attached hydrogens (tertiary/aromatic N) is 3. The molecule has 0 saturated heterocycles. The summed E-state index contributed by atoms with van der Waals surface area (Å²) in [5.41, 5.74) is 1.04. The molecule has 0 aromatic carbocycles. The van der Waals surface area contributed by atoms with Crippen molar-refractivity contribution in [2.24, 2.45) is 7.05 Å². The maximum atomic E-state index is 11.2. The number of aromatic nitrogens is 3. The number of thiazole rings is 1. The van der Waals surface area contributed by atoms with E-state index in [1.54, 1.807) is 27.0 Å². The first kappa shape index (κ1) is 8.25. The average molecular weight is 195 g/mol. The molecule has 0 bridgehead atoms. The number of hydrogen-bond donors (Lipinski definition) is 0. The van der Waals surface area contributed by atoms with E-state index in [1.165, 1.54) is 11.3 Å². The molecule has 0 atom stereocenters. The van der Waals surface area contributed by atoms with Crippen LogP contribution >= 0.6 is 11.3 Å². The lowest BCUT2D eigenvalue weighted by atomic mass is 10.3. The van der Waals surface area contributed by atoms with Gasteiger partial charge in [0.2, 0.25) is 0 Å². The van der Waals surface area contributed by atoms with Gasteiger partial charge in [0.25, 0.3) is 0 Å². The summed E-state index contributed by atoms with van der Waals surface area (Å²) in [6, 6.07) is 0. The highest BCUT2D eigenvalue weighted by atomic mass is 32.1. The van der Waals surface area contributed by atoms with E-state index in [-0.39, 0.29) is 4.87 Å². The molecule has 5 heteroatoms. The van der Waals surface area contributed by atoms with Crippen LogP contribution in [0.2, 0.25) is 0 Å². The lowest BCUT2D eigenvalue weighted by Gasteiger charge is -1.95. The minimum absolute atomic E-state index is 0.0730. The fourth-order valence-electron chi connectivity index (χ4n) is 1.16. The highest BCUT2D eigenvalue weighted by Gasteiger charge is 1.99. The van der Waals surface area contributed by atoms with Crippen LogP contribution in [0, 0.1) is 0 Å². The van der Waals surface area contributed by atoms with Gasteiger partial charge in [-0.1, -0.05) is 11.3 Å². The Hall–Kier alpha value is -1.36. The fourth-order valence-corrected chi connectivity index (χ4v) is 1.74. The molecule has 2 rings (SSSR count). The first-order chi connectivity index (χ1) is 6.25. The molecule has 2 aromatic heterocycles. The second-order valence-corrected chi connectivity index (χ2v) is 3.68. The van der Waals surface area contributed by atoms with Gasteiger partial charge in [-0.3, -0.25) is 9.48 Å². The Morgan fingerprint density at radius 2 is 2.46 bits per heavy atom. The molecule has 2 heterocycles. The molecule has 4 nitrogen and oxygen atoms in total. The average Bonchev–Trinajstić information content (AvgIpc) is 2.64. The topological polar surface area (TPSA) is 39.8 Å². The molecule has 13 heavy (non-hydrogen) atoms. The smallest absolute Gasteiger partial charge is 0.301 e. The van der Waals surface area contributed by atoms with Gasteiger partial charge in [-0.05, 0) is 0 Å². The second-order valence-electron chi connectivity index (χ2n) is 2.82. The molecule has 0 aliphatic carbocycles. The second kappa shape index (κ2) is 3.18. The Morgan fingerprint density at radius 1 is 1.62 bits per heavy atom. The van der Waals surface area contributed by atoms with Gasteiger partial charge in [-0.25, -0.2) is 0 Å². The predicted octanol–water partition coefficient (Wildman–Crippen LogP) is 0.692. The minimum Gasteiger partial charge on any atom is -0.301 e. The zero-order valence-electron chi connectivity index (χ0n) is 7.17. The summed E-state index contributed by atoms with van der Waals surface area (Å²) >= 11 is 1.21. The van der Waals surface area contributed by atoms with Crippen molar-refractivity contribution in [2.75, 3.05) is 0 Å². The molecule has 0 N–H and O–H groups in total. The number of rotatable bonds is 2. The Balaban J connectivity index is 2.24. The summed E-state index contributed by atoms with van der Waals surface area (Å²) in [7, 11) is 1.86. The SMILES string of the molecule is Cn1cc(Cn2ccsc2=O)cn1. The number of aryl methyl sites for hydroxylation is 1. The van der Waals surface area contributed by atoms with Crippen molar-refractivity contribution in [3.63, 3.8) is 0 Å². The Bertz CT molecular complexity index is 454. The third kappa shape index (κ3) is 1.70. The van der Waals surface area contributed by atoms with Crippen molar-refractivity contribution in [1.82, 2.24) is 14.3 Å². The third-order valence-corrected chi connectivity index (χ3v) is 2.45. The van der Waals surface area contributed by atoms with Gasteiger partial charge in [0.15, 0.2) is 0 Å². The summed E-state index contributed by atoms with van der Waals surface area (Å²) < 4.78 is 3.40. The molecule has 0 spiro atoms.